The summed E-state index contributed by atoms with van der Waals surface area (Å²) < 4.78 is 0. The van der Waals surface area contributed by atoms with Crippen molar-refractivity contribution < 1.29 is 15.0 Å². The van der Waals surface area contributed by atoms with Crippen molar-refractivity contribution in [3.8, 4) is 0 Å². The molecule has 0 aliphatic heterocycles. The Labute approximate surface area is 107 Å². The van der Waals surface area contributed by atoms with Crippen LogP contribution in [0, 0.1) is 0 Å². The van der Waals surface area contributed by atoms with Crippen LogP contribution in [-0.2, 0) is 11.2 Å². The molecule has 0 saturated heterocycles. The quantitative estimate of drug-likeness (QED) is 0.715. The van der Waals surface area contributed by atoms with Crippen molar-refractivity contribution in [2.45, 2.75) is 25.4 Å². The average molecular weight is 252 g/mol. The topological polar surface area (TPSA) is 73.7 Å². The second kappa shape index (κ2) is 7.79. The summed E-state index contributed by atoms with van der Waals surface area (Å²) in [6, 6.07) is 5.79. The lowest BCUT2D eigenvalue weighted by Crippen LogP contribution is -2.31. The van der Waals surface area contributed by atoms with Crippen LogP contribution in [0.5, 0.6) is 0 Å². The number of aromatic nitrogens is 1. The minimum Gasteiger partial charge on any atom is -0.481 e. The molecule has 5 nitrogen and oxygen atoms in total. The van der Waals surface area contributed by atoms with Gasteiger partial charge in [-0.2, -0.15) is 0 Å². The van der Waals surface area contributed by atoms with Crippen molar-refractivity contribution in [1.29, 1.82) is 0 Å². The van der Waals surface area contributed by atoms with Gasteiger partial charge in [-0.1, -0.05) is 6.07 Å². The first-order valence-electron chi connectivity index (χ1n) is 6.06. The van der Waals surface area contributed by atoms with E-state index in [1.54, 1.807) is 6.20 Å². The highest BCUT2D eigenvalue weighted by Gasteiger charge is 2.10. The summed E-state index contributed by atoms with van der Waals surface area (Å²) in [5, 5.41) is 18.2. The first-order chi connectivity index (χ1) is 8.58. The Kier molecular flexibility index (Phi) is 6.32. The van der Waals surface area contributed by atoms with E-state index >= 15 is 0 Å². The third-order valence-electron chi connectivity index (χ3n) is 2.69. The minimum atomic E-state index is -0.870. The molecule has 0 radical (unpaired) electrons. The Morgan fingerprint density at radius 3 is 2.89 bits per heavy atom. The van der Waals surface area contributed by atoms with Gasteiger partial charge in [0.25, 0.3) is 0 Å². The number of aliphatic carboxylic acids is 1. The van der Waals surface area contributed by atoms with Crippen LogP contribution in [-0.4, -0.2) is 52.3 Å². The lowest BCUT2D eigenvalue weighted by Gasteiger charge is -2.19. The van der Waals surface area contributed by atoms with E-state index in [0.717, 1.165) is 18.7 Å². The van der Waals surface area contributed by atoms with Gasteiger partial charge in [0.15, 0.2) is 0 Å². The van der Waals surface area contributed by atoms with E-state index < -0.39 is 12.1 Å². The molecule has 100 valence electrons. The van der Waals surface area contributed by atoms with Gasteiger partial charge in [0.1, 0.15) is 0 Å². The number of hydrogen-bond donors (Lipinski definition) is 2. The highest BCUT2D eigenvalue weighted by molar-refractivity contribution is 5.66. The van der Waals surface area contributed by atoms with Crippen LogP contribution in [0.1, 0.15) is 18.5 Å². The summed E-state index contributed by atoms with van der Waals surface area (Å²) in [4.78, 5) is 16.6. The molecule has 5 heteroatoms. The van der Waals surface area contributed by atoms with Crippen LogP contribution in [0.15, 0.2) is 24.4 Å². The number of pyridine rings is 1. The Hall–Kier alpha value is -1.46. The third-order valence-corrected chi connectivity index (χ3v) is 2.69. The van der Waals surface area contributed by atoms with Crippen LogP contribution >= 0.6 is 0 Å². The molecule has 18 heavy (non-hydrogen) atoms. The fourth-order valence-corrected chi connectivity index (χ4v) is 1.68. The Balaban J connectivity index is 2.20. The van der Waals surface area contributed by atoms with Crippen LogP contribution in [0.3, 0.4) is 0 Å². The van der Waals surface area contributed by atoms with Crippen molar-refractivity contribution in [3.05, 3.63) is 30.1 Å². The van der Waals surface area contributed by atoms with Crippen molar-refractivity contribution in [2.24, 2.45) is 0 Å². The maximum Gasteiger partial charge on any atom is 0.303 e. The second-order valence-corrected chi connectivity index (χ2v) is 4.42. The standard InChI is InChI=1S/C13H20N2O3/c1-15(10-12(16)5-6-13(17)18)9-7-11-4-2-3-8-14-11/h2-4,8,12,16H,5-7,9-10H2,1H3,(H,17,18). The molecule has 1 heterocycles. The van der Waals surface area contributed by atoms with Gasteiger partial charge < -0.3 is 15.1 Å². The zero-order chi connectivity index (χ0) is 13.4. The predicted molar refractivity (Wildman–Crippen MR) is 68.3 cm³/mol. The lowest BCUT2D eigenvalue weighted by molar-refractivity contribution is -0.137. The molecule has 1 aromatic heterocycles. The van der Waals surface area contributed by atoms with Gasteiger partial charge in [0.2, 0.25) is 0 Å². The molecule has 0 amide bonds. The van der Waals surface area contributed by atoms with Crippen LogP contribution in [0.4, 0.5) is 0 Å². The van der Waals surface area contributed by atoms with Gasteiger partial charge in [-0.15, -0.1) is 0 Å². The second-order valence-electron chi connectivity index (χ2n) is 4.42. The van der Waals surface area contributed by atoms with Crippen molar-refractivity contribution >= 4 is 5.97 Å². The van der Waals surface area contributed by atoms with E-state index in [9.17, 15) is 9.90 Å². The minimum absolute atomic E-state index is 0.00917. The smallest absolute Gasteiger partial charge is 0.303 e. The van der Waals surface area contributed by atoms with Gasteiger partial charge in [-0.3, -0.25) is 9.78 Å². The molecular formula is C13H20N2O3. The zero-order valence-corrected chi connectivity index (χ0v) is 10.6. The first kappa shape index (κ1) is 14.6. The van der Waals surface area contributed by atoms with Crippen LogP contribution < -0.4 is 0 Å². The SMILES string of the molecule is CN(CCc1ccccn1)CC(O)CCC(=O)O. The van der Waals surface area contributed by atoms with E-state index in [1.807, 2.05) is 30.1 Å². The molecule has 0 aliphatic rings. The molecule has 1 unspecified atom stereocenters. The number of hydrogen-bond acceptors (Lipinski definition) is 4. The van der Waals surface area contributed by atoms with Crippen molar-refractivity contribution in [3.63, 3.8) is 0 Å². The lowest BCUT2D eigenvalue weighted by atomic mass is 10.2. The number of rotatable bonds is 8. The van der Waals surface area contributed by atoms with E-state index in [-0.39, 0.29) is 6.42 Å². The van der Waals surface area contributed by atoms with Crippen molar-refractivity contribution in [2.75, 3.05) is 20.1 Å². The molecule has 1 rings (SSSR count). The number of likely N-dealkylation sites (N-methyl/N-ethyl adjacent to an activating group) is 1. The summed E-state index contributed by atoms with van der Waals surface area (Å²) in [5.41, 5.74) is 1.02. The zero-order valence-electron chi connectivity index (χ0n) is 10.6. The summed E-state index contributed by atoms with van der Waals surface area (Å²) in [6.07, 6.45) is 2.30. The number of nitrogens with zero attached hydrogens (tertiary/aromatic N) is 2. The molecular weight excluding hydrogens is 232 g/mol. The van der Waals surface area contributed by atoms with Gasteiger partial charge in [-0.25, -0.2) is 0 Å². The third kappa shape index (κ3) is 6.32. The molecule has 0 bridgehead atoms. The summed E-state index contributed by atoms with van der Waals surface area (Å²) in [5.74, 6) is -0.870. The van der Waals surface area contributed by atoms with Crippen LogP contribution in [0.2, 0.25) is 0 Å². The fourth-order valence-electron chi connectivity index (χ4n) is 1.68. The molecule has 0 fully saturated rings. The molecule has 1 atom stereocenters. The first-order valence-corrected chi connectivity index (χ1v) is 6.06. The summed E-state index contributed by atoms with van der Waals surface area (Å²) in [7, 11) is 1.91. The molecule has 2 N–H and O–H groups in total. The maximum atomic E-state index is 10.4. The van der Waals surface area contributed by atoms with Gasteiger partial charge in [0.05, 0.1) is 6.10 Å². The highest BCUT2D eigenvalue weighted by atomic mass is 16.4. The largest absolute Gasteiger partial charge is 0.481 e. The maximum absolute atomic E-state index is 10.4. The van der Waals surface area contributed by atoms with E-state index in [1.165, 1.54) is 0 Å². The summed E-state index contributed by atoms with van der Waals surface area (Å²) in [6.45, 7) is 1.28. The van der Waals surface area contributed by atoms with E-state index in [4.69, 9.17) is 5.11 Å². The number of aliphatic hydroxyl groups is 1. The Bertz CT molecular complexity index is 357. The Morgan fingerprint density at radius 2 is 2.28 bits per heavy atom. The molecule has 0 aliphatic carbocycles. The number of carboxylic acids is 1. The number of aliphatic hydroxyl groups excluding tert-OH is 1. The van der Waals surface area contributed by atoms with E-state index in [2.05, 4.69) is 4.98 Å². The average Bonchev–Trinajstić information content (AvgIpc) is 2.35. The molecule has 0 spiro atoms. The molecule has 1 aromatic rings. The number of carbonyl (C=O) groups is 1. The van der Waals surface area contributed by atoms with Crippen molar-refractivity contribution in [1.82, 2.24) is 9.88 Å². The van der Waals surface area contributed by atoms with Gasteiger partial charge in [0, 0.05) is 37.8 Å². The highest BCUT2D eigenvalue weighted by Crippen LogP contribution is 2.01. The van der Waals surface area contributed by atoms with Gasteiger partial charge in [-0.05, 0) is 25.6 Å². The Morgan fingerprint density at radius 1 is 1.50 bits per heavy atom. The normalized spacial score (nSPS) is 12.6. The van der Waals surface area contributed by atoms with Crippen LogP contribution in [0.25, 0.3) is 0 Å². The predicted octanol–water partition coefficient (Wildman–Crippen LogP) is 0.782. The summed E-state index contributed by atoms with van der Waals surface area (Å²) >= 11 is 0. The number of carboxylic acid groups (broad SMARTS) is 1. The molecule has 0 aromatic carbocycles. The molecule has 0 saturated carbocycles. The fraction of sp³-hybridized carbons (Fsp3) is 0.538. The van der Waals surface area contributed by atoms with E-state index in [0.29, 0.717) is 13.0 Å². The monoisotopic (exact) mass is 252 g/mol. The van der Waals surface area contributed by atoms with Gasteiger partial charge >= 0.3 is 5.97 Å².